The van der Waals surface area contributed by atoms with Crippen LogP contribution in [-0.2, 0) is 0 Å². The van der Waals surface area contributed by atoms with E-state index >= 15 is 0 Å². The lowest BCUT2D eigenvalue weighted by atomic mass is 10.2. The minimum atomic E-state index is 0.729. The van der Waals surface area contributed by atoms with Crippen LogP contribution in [0.3, 0.4) is 0 Å². The molecule has 0 aliphatic rings. The van der Waals surface area contributed by atoms with Gasteiger partial charge in [0, 0.05) is 5.56 Å². The molecule has 2 heteroatoms. The van der Waals surface area contributed by atoms with E-state index in [1.807, 2.05) is 18.2 Å². The topological polar surface area (TPSA) is 29.1 Å². The van der Waals surface area contributed by atoms with Gasteiger partial charge in [-0.2, -0.15) is 0 Å². The second-order valence-corrected chi connectivity index (χ2v) is 2.10. The Balaban J connectivity index is 0.000000252. The summed E-state index contributed by atoms with van der Waals surface area (Å²) in [5.74, 6) is 0. The van der Waals surface area contributed by atoms with Crippen molar-refractivity contribution < 1.29 is 4.79 Å². The summed E-state index contributed by atoms with van der Waals surface area (Å²) >= 11 is 0. The summed E-state index contributed by atoms with van der Waals surface area (Å²) in [6.07, 6.45) is 3.96. The van der Waals surface area contributed by atoms with Crippen LogP contribution in [-0.4, -0.2) is 6.29 Å². The van der Waals surface area contributed by atoms with Gasteiger partial charge in [0.15, 0.2) is 0 Å². The van der Waals surface area contributed by atoms with Crippen LogP contribution in [0.5, 0.6) is 0 Å². The van der Waals surface area contributed by atoms with Gasteiger partial charge in [0.05, 0.1) is 0 Å². The first-order valence-electron chi connectivity index (χ1n) is 3.83. The fraction of sp³-hybridized carbons (Fsp3) is 0. The van der Waals surface area contributed by atoms with Crippen LogP contribution in [0.1, 0.15) is 10.4 Å². The second kappa shape index (κ2) is 8.27. The summed E-state index contributed by atoms with van der Waals surface area (Å²) in [5, 5.41) is 2.64. The molecule has 2 nitrogen and oxygen atoms in total. The predicted molar refractivity (Wildman–Crippen MR) is 55.4 cm³/mol. The zero-order valence-corrected chi connectivity index (χ0v) is 7.44. The number of hydrogen-bond acceptors (Lipinski definition) is 2. The van der Waals surface area contributed by atoms with Gasteiger partial charge in [-0.1, -0.05) is 43.5 Å². The van der Waals surface area contributed by atoms with Crippen LogP contribution in [0.4, 0.5) is 0 Å². The number of aldehydes is 1. The average Bonchev–Trinajstić information content (AvgIpc) is 2.21. The molecule has 0 spiro atoms. The Morgan fingerprint density at radius 2 is 1.62 bits per heavy atom. The van der Waals surface area contributed by atoms with Crippen LogP contribution in [0, 0.1) is 0 Å². The van der Waals surface area contributed by atoms with Gasteiger partial charge in [-0.25, -0.2) is 0 Å². The quantitative estimate of drug-likeness (QED) is 0.714. The summed E-state index contributed by atoms with van der Waals surface area (Å²) in [6, 6.07) is 9.10. The summed E-state index contributed by atoms with van der Waals surface area (Å²) in [6.45, 7) is 6.74. The molecular weight excluding hydrogens is 162 g/mol. The first-order chi connectivity index (χ1) is 6.35. The summed E-state index contributed by atoms with van der Waals surface area (Å²) in [4.78, 5) is 10.0. The molecule has 0 aromatic heterocycles. The van der Waals surface area contributed by atoms with Crippen molar-refractivity contribution in [2.45, 2.75) is 0 Å². The predicted octanol–water partition coefficient (Wildman–Crippen LogP) is 2.36. The van der Waals surface area contributed by atoms with E-state index in [2.05, 4.69) is 18.5 Å². The number of benzene rings is 1. The normalized spacial score (nSPS) is 7.38. The van der Waals surface area contributed by atoms with Gasteiger partial charge in [0.25, 0.3) is 0 Å². The highest BCUT2D eigenvalue weighted by Gasteiger charge is 1.79. The van der Waals surface area contributed by atoms with Crippen molar-refractivity contribution in [1.82, 2.24) is 5.32 Å². The number of nitrogens with one attached hydrogen (secondary N) is 1. The van der Waals surface area contributed by atoms with Crippen molar-refractivity contribution in [2.24, 2.45) is 0 Å². The van der Waals surface area contributed by atoms with E-state index in [1.54, 1.807) is 24.5 Å². The van der Waals surface area contributed by atoms with Gasteiger partial charge < -0.3 is 5.32 Å². The molecule has 13 heavy (non-hydrogen) atoms. The van der Waals surface area contributed by atoms with Gasteiger partial charge in [0.2, 0.25) is 0 Å². The molecule has 0 atom stereocenters. The molecule has 1 aromatic carbocycles. The molecule has 0 unspecified atom stereocenters. The number of hydrogen-bond donors (Lipinski definition) is 1. The molecule has 0 aliphatic heterocycles. The molecule has 1 rings (SSSR count). The Hall–Kier alpha value is -1.83. The Morgan fingerprint density at radius 3 is 1.85 bits per heavy atom. The molecule has 0 heterocycles. The van der Waals surface area contributed by atoms with Gasteiger partial charge in [-0.15, -0.1) is 0 Å². The number of carbonyl (C=O) groups is 1. The molecule has 0 aliphatic carbocycles. The lowest BCUT2D eigenvalue weighted by molar-refractivity contribution is 0.112. The molecule has 1 aromatic rings. The highest BCUT2D eigenvalue weighted by atomic mass is 16.1. The van der Waals surface area contributed by atoms with Crippen molar-refractivity contribution in [2.75, 3.05) is 0 Å². The van der Waals surface area contributed by atoms with Crippen LogP contribution >= 0.6 is 0 Å². The van der Waals surface area contributed by atoms with Gasteiger partial charge >= 0.3 is 0 Å². The van der Waals surface area contributed by atoms with Gasteiger partial charge in [0.1, 0.15) is 6.29 Å². The van der Waals surface area contributed by atoms with E-state index in [0.29, 0.717) is 0 Å². The third-order valence-corrected chi connectivity index (χ3v) is 1.17. The SMILES string of the molecule is C=CNC=C.O=Cc1ccccc1. The van der Waals surface area contributed by atoms with E-state index in [1.165, 1.54) is 0 Å². The van der Waals surface area contributed by atoms with E-state index in [4.69, 9.17) is 0 Å². The van der Waals surface area contributed by atoms with Crippen LogP contribution < -0.4 is 5.32 Å². The van der Waals surface area contributed by atoms with Crippen molar-refractivity contribution in [1.29, 1.82) is 0 Å². The third kappa shape index (κ3) is 6.56. The molecule has 0 saturated heterocycles. The molecule has 0 fully saturated rings. The van der Waals surface area contributed by atoms with Crippen LogP contribution in [0.25, 0.3) is 0 Å². The van der Waals surface area contributed by atoms with E-state index in [-0.39, 0.29) is 0 Å². The fourth-order valence-corrected chi connectivity index (χ4v) is 0.615. The maximum absolute atomic E-state index is 10.0. The van der Waals surface area contributed by atoms with E-state index < -0.39 is 0 Å². The van der Waals surface area contributed by atoms with Crippen molar-refractivity contribution in [3.8, 4) is 0 Å². The molecule has 0 amide bonds. The third-order valence-electron chi connectivity index (χ3n) is 1.17. The first-order valence-corrected chi connectivity index (χ1v) is 3.83. The second-order valence-electron chi connectivity index (χ2n) is 2.10. The molecule has 68 valence electrons. The van der Waals surface area contributed by atoms with Crippen molar-refractivity contribution in [3.05, 3.63) is 61.5 Å². The summed E-state index contributed by atoms with van der Waals surface area (Å²) in [5.41, 5.74) is 0.729. The van der Waals surface area contributed by atoms with Crippen LogP contribution in [0.2, 0.25) is 0 Å². The number of carbonyl (C=O) groups excluding carboxylic acids is 1. The van der Waals surface area contributed by atoms with Gasteiger partial charge in [-0.3, -0.25) is 4.79 Å². The standard InChI is InChI=1S/C7H6O.C4H7N/c8-6-7-4-2-1-3-5-7;1-3-5-4-2/h1-6H;3-5H,1-2H2. The zero-order chi connectivity index (χ0) is 9.94. The monoisotopic (exact) mass is 175 g/mol. The molecule has 0 bridgehead atoms. The summed E-state index contributed by atoms with van der Waals surface area (Å²) < 4.78 is 0. The van der Waals surface area contributed by atoms with Crippen molar-refractivity contribution >= 4 is 6.29 Å². The smallest absolute Gasteiger partial charge is 0.150 e. The highest BCUT2D eigenvalue weighted by Crippen LogP contribution is 1.91. The van der Waals surface area contributed by atoms with Crippen LogP contribution in [0.15, 0.2) is 55.9 Å². The highest BCUT2D eigenvalue weighted by molar-refractivity contribution is 5.74. The maximum Gasteiger partial charge on any atom is 0.150 e. The summed E-state index contributed by atoms with van der Waals surface area (Å²) in [7, 11) is 0. The minimum absolute atomic E-state index is 0.729. The maximum atomic E-state index is 10.0. The molecular formula is C11H13NO. The Bertz CT molecular complexity index is 248. The zero-order valence-electron chi connectivity index (χ0n) is 7.44. The molecule has 0 radical (unpaired) electrons. The molecule has 1 N–H and O–H groups in total. The number of rotatable bonds is 3. The Kier molecular flexibility index (Phi) is 7.10. The first kappa shape index (κ1) is 11.2. The average molecular weight is 175 g/mol. The largest absolute Gasteiger partial charge is 0.369 e. The van der Waals surface area contributed by atoms with E-state index in [0.717, 1.165) is 11.8 Å². The molecule has 0 saturated carbocycles. The Morgan fingerprint density at radius 1 is 1.08 bits per heavy atom. The lowest BCUT2D eigenvalue weighted by Gasteiger charge is -1.81. The Labute approximate surface area is 78.6 Å². The van der Waals surface area contributed by atoms with Gasteiger partial charge in [-0.05, 0) is 12.4 Å². The van der Waals surface area contributed by atoms with E-state index in [9.17, 15) is 4.79 Å². The fourth-order valence-electron chi connectivity index (χ4n) is 0.615. The lowest BCUT2D eigenvalue weighted by Crippen LogP contribution is -1.85. The minimum Gasteiger partial charge on any atom is -0.369 e. The van der Waals surface area contributed by atoms with Crippen molar-refractivity contribution in [3.63, 3.8) is 0 Å².